The molecule has 0 saturated carbocycles. The van der Waals surface area contributed by atoms with E-state index in [-0.39, 0.29) is 0 Å². The first-order chi connectivity index (χ1) is 13.8. The molecule has 158 valence electrons. The molecule has 2 heterocycles. The molecule has 1 aliphatic rings. The average Bonchev–Trinajstić information content (AvgIpc) is 2.66. The lowest BCUT2D eigenvalue weighted by molar-refractivity contribution is 0.0662. The molecule has 0 aliphatic carbocycles. The van der Waals surface area contributed by atoms with Gasteiger partial charge in [0, 0.05) is 50.4 Å². The summed E-state index contributed by atoms with van der Waals surface area (Å²) in [5, 5.41) is 10.4. The van der Waals surface area contributed by atoms with Crippen molar-refractivity contribution in [1.82, 2.24) is 14.9 Å². The molecule has 6 heteroatoms. The zero-order valence-electron chi connectivity index (χ0n) is 18.4. The monoisotopic (exact) mass is 398 g/mol. The molecule has 6 nitrogen and oxygen atoms in total. The molecule has 1 aromatic heterocycles. The summed E-state index contributed by atoms with van der Waals surface area (Å²) in [4.78, 5) is 13.9. The molecule has 1 unspecified atom stereocenters. The summed E-state index contributed by atoms with van der Waals surface area (Å²) in [7, 11) is 0. The lowest BCUT2D eigenvalue weighted by atomic mass is 10.1. The Labute approximate surface area is 174 Å². The van der Waals surface area contributed by atoms with Crippen molar-refractivity contribution in [3.63, 3.8) is 0 Å². The number of aliphatic hydroxyl groups is 1. The molecule has 3 rings (SSSR count). The second-order valence-corrected chi connectivity index (χ2v) is 8.46. The fourth-order valence-corrected chi connectivity index (χ4v) is 3.71. The summed E-state index contributed by atoms with van der Waals surface area (Å²) < 4.78 is 5.81. The second-order valence-electron chi connectivity index (χ2n) is 8.46. The van der Waals surface area contributed by atoms with Gasteiger partial charge in [0.25, 0.3) is 0 Å². The third kappa shape index (κ3) is 6.15. The average molecular weight is 399 g/mol. The van der Waals surface area contributed by atoms with Gasteiger partial charge in [0.05, 0.1) is 0 Å². The SMILES string of the molecule is Cc1cc(C)cc(OCC(O)CN2CCN(c3cc(C)nc(C(C)C)n3)CC2)c1. The number of piperazine rings is 1. The summed E-state index contributed by atoms with van der Waals surface area (Å²) in [6, 6.07) is 8.20. The van der Waals surface area contributed by atoms with Crippen molar-refractivity contribution in [2.45, 2.75) is 46.6 Å². The Hall–Kier alpha value is -2.18. The number of aromatic nitrogens is 2. The number of aryl methyl sites for hydroxylation is 3. The van der Waals surface area contributed by atoms with Crippen molar-refractivity contribution >= 4 is 5.82 Å². The third-order valence-corrected chi connectivity index (χ3v) is 5.18. The number of ether oxygens (including phenoxy) is 1. The van der Waals surface area contributed by atoms with Gasteiger partial charge in [0.1, 0.15) is 30.1 Å². The van der Waals surface area contributed by atoms with Gasteiger partial charge >= 0.3 is 0 Å². The van der Waals surface area contributed by atoms with E-state index in [0.29, 0.717) is 19.1 Å². The van der Waals surface area contributed by atoms with Crippen LogP contribution in [0.5, 0.6) is 5.75 Å². The number of nitrogens with zero attached hydrogens (tertiary/aromatic N) is 4. The zero-order valence-corrected chi connectivity index (χ0v) is 18.4. The van der Waals surface area contributed by atoms with Gasteiger partial charge in [-0.15, -0.1) is 0 Å². The molecule has 1 N–H and O–H groups in total. The zero-order chi connectivity index (χ0) is 21.0. The quantitative estimate of drug-likeness (QED) is 0.773. The number of rotatable bonds is 7. The van der Waals surface area contributed by atoms with Gasteiger partial charge in [-0.25, -0.2) is 9.97 Å². The van der Waals surface area contributed by atoms with E-state index in [0.717, 1.165) is 49.3 Å². The minimum atomic E-state index is -0.504. The largest absolute Gasteiger partial charge is 0.491 e. The van der Waals surface area contributed by atoms with Gasteiger partial charge in [-0.05, 0) is 44.0 Å². The maximum absolute atomic E-state index is 10.4. The summed E-state index contributed by atoms with van der Waals surface area (Å²) in [5.41, 5.74) is 3.36. The molecule has 2 aromatic rings. The van der Waals surface area contributed by atoms with E-state index < -0.39 is 6.10 Å². The number of anilines is 1. The number of aliphatic hydroxyl groups excluding tert-OH is 1. The first kappa shape index (κ1) is 21.5. The highest BCUT2D eigenvalue weighted by atomic mass is 16.5. The van der Waals surface area contributed by atoms with Crippen molar-refractivity contribution in [2.24, 2.45) is 0 Å². The molecule has 0 amide bonds. The highest BCUT2D eigenvalue weighted by Crippen LogP contribution is 2.19. The first-order valence-electron chi connectivity index (χ1n) is 10.5. The Balaban J connectivity index is 1.48. The van der Waals surface area contributed by atoms with Crippen LogP contribution in [0.3, 0.4) is 0 Å². The van der Waals surface area contributed by atoms with Crippen LogP contribution < -0.4 is 9.64 Å². The van der Waals surface area contributed by atoms with Crippen molar-refractivity contribution in [3.05, 3.63) is 46.9 Å². The Morgan fingerprint density at radius 3 is 2.24 bits per heavy atom. The molecule has 29 heavy (non-hydrogen) atoms. The molecule has 0 spiro atoms. The van der Waals surface area contributed by atoms with Crippen LogP contribution in [0.2, 0.25) is 0 Å². The standard InChI is InChI=1S/C23H34N4O2/c1-16(2)23-24-19(5)13-22(25-23)27-8-6-26(7-9-27)14-20(28)15-29-21-11-17(3)10-18(4)12-21/h10-13,16,20,28H,6-9,14-15H2,1-5H3. The van der Waals surface area contributed by atoms with Gasteiger partial charge in [-0.3, -0.25) is 4.90 Å². The molecular formula is C23H34N4O2. The van der Waals surface area contributed by atoms with Crippen molar-refractivity contribution in [1.29, 1.82) is 0 Å². The molecular weight excluding hydrogens is 364 g/mol. The van der Waals surface area contributed by atoms with Crippen LogP contribution in [0, 0.1) is 20.8 Å². The predicted molar refractivity (Wildman–Crippen MR) is 117 cm³/mol. The maximum Gasteiger partial charge on any atom is 0.133 e. The first-order valence-corrected chi connectivity index (χ1v) is 10.5. The lowest BCUT2D eigenvalue weighted by Crippen LogP contribution is -2.49. The van der Waals surface area contributed by atoms with Crippen LogP contribution in [0.4, 0.5) is 5.82 Å². The highest BCUT2D eigenvalue weighted by Gasteiger charge is 2.21. The Morgan fingerprint density at radius 1 is 0.966 bits per heavy atom. The topological polar surface area (TPSA) is 61.7 Å². The summed E-state index contributed by atoms with van der Waals surface area (Å²) in [6.07, 6.45) is -0.504. The maximum atomic E-state index is 10.4. The van der Waals surface area contributed by atoms with Gasteiger partial charge < -0.3 is 14.7 Å². The van der Waals surface area contributed by atoms with Gasteiger partial charge in [0.15, 0.2) is 0 Å². The van der Waals surface area contributed by atoms with E-state index in [1.165, 1.54) is 11.1 Å². The molecule has 1 atom stereocenters. The number of β-amino-alcohol motifs (C(OH)–C–C–N with tert-alkyl or cyclic N) is 1. The number of hydrogen-bond acceptors (Lipinski definition) is 6. The fraction of sp³-hybridized carbons (Fsp3) is 0.565. The lowest BCUT2D eigenvalue weighted by Gasteiger charge is -2.36. The summed E-state index contributed by atoms with van der Waals surface area (Å²) >= 11 is 0. The molecule has 1 aliphatic heterocycles. The van der Waals surface area contributed by atoms with Crippen molar-refractivity contribution in [3.8, 4) is 5.75 Å². The molecule has 1 fully saturated rings. The van der Waals surface area contributed by atoms with E-state index in [1.54, 1.807) is 0 Å². The van der Waals surface area contributed by atoms with Gasteiger partial charge in [-0.1, -0.05) is 19.9 Å². The fourth-order valence-electron chi connectivity index (χ4n) is 3.71. The van der Waals surface area contributed by atoms with Gasteiger partial charge in [0.2, 0.25) is 0 Å². The van der Waals surface area contributed by atoms with Crippen molar-refractivity contribution in [2.75, 3.05) is 44.2 Å². The smallest absolute Gasteiger partial charge is 0.133 e. The van der Waals surface area contributed by atoms with Crippen LogP contribution in [0.25, 0.3) is 0 Å². The minimum Gasteiger partial charge on any atom is -0.491 e. The van der Waals surface area contributed by atoms with E-state index in [1.807, 2.05) is 19.1 Å². The van der Waals surface area contributed by atoms with E-state index in [9.17, 15) is 5.11 Å². The second kappa shape index (κ2) is 9.55. The Bertz CT molecular complexity index is 796. The number of hydrogen-bond donors (Lipinski definition) is 1. The highest BCUT2D eigenvalue weighted by molar-refractivity contribution is 5.40. The Kier molecular flexibility index (Phi) is 7.09. The molecule has 1 saturated heterocycles. The summed E-state index contributed by atoms with van der Waals surface area (Å²) in [6.45, 7) is 14.9. The van der Waals surface area contributed by atoms with Crippen LogP contribution in [-0.4, -0.2) is 65.4 Å². The summed E-state index contributed by atoms with van der Waals surface area (Å²) in [5.74, 6) is 3.06. The minimum absolute atomic E-state index is 0.311. The van der Waals surface area contributed by atoms with Gasteiger partial charge in [-0.2, -0.15) is 0 Å². The van der Waals surface area contributed by atoms with E-state index in [4.69, 9.17) is 9.72 Å². The number of benzene rings is 1. The molecule has 1 aromatic carbocycles. The van der Waals surface area contributed by atoms with E-state index >= 15 is 0 Å². The third-order valence-electron chi connectivity index (χ3n) is 5.18. The van der Waals surface area contributed by atoms with Crippen molar-refractivity contribution < 1.29 is 9.84 Å². The van der Waals surface area contributed by atoms with Crippen LogP contribution in [-0.2, 0) is 0 Å². The van der Waals surface area contributed by atoms with Crippen LogP contribution in [0.1, 0.15) is 42.4 Å². The van der Waals surface area contributed by atoms with E-state index in [2.05, 4.69) is 54.6 Å². The van der Waals surface area contributed by atoms with Crippen LogP contribution in [0.15, 0.2) is 24.3 Å². The Morgan fingerprint density at radius 2 is 1.62 bits per heavy atom. The molecule has 0 radical (unpaired) electrons. The predicted octanol–water partition coefficient (Wildman–Crippen LogP) is 3.09. The molecule has 0 bridgehead atoms. The van der Waals surface area contributed by atoms with Crippen LogP contribution >= 0.6 is 0 Å². The normalized spacial score (nSPS) is 16.3.